The van der Waals surface area contributed by atoms with E-state index in [9.17, 15) is 4.79 Å². The van der Waals surface area contributed by atoms with Crippen LogP contribution < -0.4 is 9.61 Å². The summed E-state index contributed by atoms with van der Waals surface area (Å²) in [7, 11) is 0. The molecule has 0 unspecified atom stereocenters. The fraction of sp³-hybridized carbons (Fsp3) is 0.278. The van der Waals surface area contributed by atoms with E-state index in [0.29, 0.717) is 13.2 Å². The molecule has 0 aliphatic rings. The van der Waals surface area contributed by atoms with Gasteiger partial charge in [-0.1, -0.05) is 55.0 Å². The van der Waals surface area contributed by atoms with Crippen molar-refractivity contribution in [2.45, 2.75) is 26.3 Å². The Morgan fingerprint density at radius 3 is 2.73 bits per heavy atom. The van der Waals surface area contributed by atoms with Gasteiger partial charge >= 0.3 is 4.87 Å². The van der Waals surface area contributed by atoms with Gasteiger partial charge in [-0.05, 0) is 24.6 Å². The van der Waals surface area contributed by atoms with Gasteiger partial charge < -0.3 is 4.74 Å². The summed E-state index contributed by atoms with van der Waals surface area (Å²) in [6.07, 6.45) is 2.15. The third-order valence-corrected chi connectivity index (χ3v) is 4.59. The summed E-state index contributed by atoms with van der Waals surface area (Å²) in [6.45, 7) is 3.41. The van der Waals surface area contributed by atoms with Gasteiger partial charge in [0.15, 0.2) is 0 Å². The van der Waals surface area contributed by atoms with Crippen LogP contribution in [0.4, 0.5) is 0 Å². The Morgan fingerprint density at radius 2 is 1.86 bits per heavy atom. The molecule has 0 saturated carbocycles. The monoisotopic (exact) mass is 313 g/mol. The average Bonchev–Trinajstić information content (AvgIpc) is 2.85. The van der Waals surface area contributed by atoms with Crippen molar-refractivity contribution in [3.63, 3.8) is 0 Å². The van der Waals surface area contributed by atoms with Crippen LogP contribution in [0.15, 0.2) is 53.3 Å². The van der Waals surface area contributed by atoms with Gasteiger partial charge in [-0.2, -0.15) is 0 Å². The van der Waals surface area contributed by atoms with Crippen molar-refractivity contribution in [3.05, 3.63) is 63.8 Å². The minimum absolute atomic E-state index is 0.0737. The molecule has 3 nitrogen and oxygen atoms in total. The van der Waals surface area contributed by atoms with Crippen LogP contribution in [0, 0.1) is 0 Å². The second kappa shape index (κ2) is 6.79. The highest BCUT2D eigenvalue weighted by atomic mass is 32.1. The van der Waals surface area contributed by atoms with Crippen molar-refractivity contribution in [2.75, 3.05) is 6.61 Å². The molecule has 1 aromatic heterocycles. The van der Waals surface area contributed by atoms with Gasteiger partial charge in [0.05, 0.1) is 23.4 Å². The lowest BCUT2D eigenvalue weighted by molar-refractivity contribution is 0.306. The summed E-state index contributed by atoms with van der Waals surface area (Å²) in [6, 6.07) is 15.9. The van der Waals surface area contributed by atoms with Crippen LogP contribution in [-0.2, 0) is 6.54 Å². The maximum absolute atomic E-state index is 12.3. The smallest absolute Gasteiger partial charge is 0.308 e. The van der Waals surface area contributed by atoms with Gasteiger partial charge in [0, 0.05) is 5.56 Å². The number of unbranched alkanes of at least 4 members (excludes halogenated alkanes) is 1. The minimum Gasteiger partial charge on any atom is -0.493 e. The molecule has 2 aromatic carbocycles. The minimum atomic E-state index is 0.0737. The highest BCUT2D eigenvalue weighted by molar-refractivity contribution is 7.16. The number of thiazole rings is 1. The molecule has 0 aliphatic heterocycles. The Kier molecular flexibility index (Phi) is 4.59. The molecule has 4 heteroatoms. The fourth-order valence-electron chi connectivity index (χ4n) is 2.44. The average molecular weight is 313 g/mol. The van der Waals surface area contributed by atoms with Gasteiger partial charge in [-0.3, -0.25) is 9.36 Å². The van der Waals surface area contributed by atoms with Crippen molar-refractivity contribution in [1.82, 2.24) is 4.57 Å². The molecule has 0 aliphatic carbocycles. The second-order valence-electron chi connectivity index (χ2n) is 5.23. The van der Waals surface area contributed by atoms with E-state index < -0.39 is 0 Å². The Labute approximate surface area is 133 Å². The van der Waals surface area contributed by atoms with Gasteiger partial charge in [0.1, 0.15) is 5.75 Å². The Balaban J connectivity index is 1.92. The molecular formula is C18H19NO2S. The molecule has 0 spiro atoms. The molecule has 0 radical (unpaired) electrons. The Morgan fingerprint density at radius 1 is 1.09 bits per heavy atom. The van der Waals surface area contributed by atoms with Gasteiger partial charge in [0.2, 0.25) is 0 Å². The number of aromatic nitrogens is 1. The first kappa shape index (κ1) is 14.9. The van der Waals surface area contributed by atoms with Gasteiger partial charge in [0.25, 0.3) is 0 Å². The number of hydrogen-bond donors (Lipinski definition) is 0. The standard InChI is InChI=1S/C18H19NO2S/c1-2-3-12-21-16-10-6-4-8-14(16)13-19-15-9-5-7-11-17(15)22-18(19)20/h4-11H,2-3,12-13H2,1H3. The molecular weight excluding hydrogens is 294 g/mol. The van der Waals surface area contributed by atoms with Crippen molar-refractivity contribution in [1.29, 1.82) is 0 Å². The van der Waals surface area contributed by atoms with Crippen molar-refractivity contribution in [2.24, 2.45) is 0 Å². The molecule has 3 aromatic rings. The number of hydrogen-bond acceptors (Lipinski definition) is 3. The number of para-hydroxylation sites is 2. The molecule has 0 amide bonds. The lowest BCUT2D eigenvalue weighted by Crippen LogP contribution is -2.14. The van der Waals surface area contributed by atoms with Crippen LogP contribution in [0.2, 0.25) is 0 Å². The zero-order chi connectivity index (χ0) is 15.4. The number of fused-ring (bicyclic) bond motifs is 1. The lowest BCUT2D eigenvalue weighted by atomic mass is 10.2. The van der Waals surface area contributed by atoms with E-state index in [1.54, 1.807) is 0 Å². The molecule has 0 saturated heterocycles. The summed E-state index contributed by atoms with van der Waals surface area (Å²) < 4.78 is 8.71. The van der Waals surface area contributed by atoms with Gasteiger partial charge in [-0.25, -0.2) is 0 Å². The molecule has 1 heterocycles. The zero-order valence-corrected chi connectivity index (χ0v) is 13.4. The molecule has 0 bridgehead atoms. The summed E-state index contributed by atoms with van der Waals surface area (Å²) in [5.74, 6) is 0.873. The van der Waals surface area contributed by atoms with Crippen molar-refractivity contribution < 1.29 is 4.74 Å². The molecule has 0 atom stereocenters. The predicted octanol–water partition coefficient (Wildman–Crippen LogP) is 4.29. The first-order valence-corrected chi connectivity index (χ1v) is 8.40. The predicted molar refractivity (Wildman–Crippen MR) is 92.0 cm³/mol. The van der Waals surface area contributed by atoms with Crippen molar-refractivity contribution >= 4 is 21.6 Å². The first-order valence-electron chi connectivity index (χ1n) is 7.58. The summed E-state index contributed by atoms with van der Waals surface area (Å²) in [5, 5.41) is 0. The zero-order valence-electron chi connectivity index (χ0n) is 12.6. The maximum Gasteiger partial charge on any atom is 0.308 e. The summed E-state index contributed by atoms with van der Waals surface area (Å²) >= 11 is 1.29. The number of nitrogens with zero attached hydrogens (tertiary/aromatic N) is 1. The van der Waals surface area contributed by atoms with Gasteiger partial charge in [-0.15, -0.1) is 0 Å². The van der Waals surface area contributed by atoms with E-state index in [2.05, 4.69) is 6.92 Å². The SMILES string of the molecule is CCCCOc1ccccc1Cn1c(=O)sc2ccccc21. The molecule has 0 fully saturated rings. The molecule has 22 heavy (non-hydrogen) atoms. The number of ether oxygens (including phenoxy) is 1. The van der Waals surface area contributed by atoms with E-state index >= 15 is 0 Å². The van der Waals surface area contributed by atoms with Crippen LogP contribution in [0.3, 0.4) is 0 Å². The molecule has 0 N–H and O–H groups in total. The maximum atomic E-state index is 12.3. The normalized spacial score (nSPS) is 11.0. The van der Waals surface area contributed by atoms with Crippen LogP contribution in [-0.4, -0.2) is 11.2 Å². The third kappa shape index (κ3) is 3.07. The summed E-state index contributed by atoms with van der Waals surface area (Å²) in [5.41, 5.74) is 2.03. The Bertz CT molecular complexity index is 819. The van der Waals surface area contributed by atoms with Crippen LogP contribution in [0.5, 0.6) is 5.75 Å². The van der Waals surface area contributed by atoms with E-state index in [-0.39, 0.29) is 4.87 Å². The second-order valence-corrected chi connectivity index (χ2v) is 6.22. The Hall–Kier alpha value is -2.07. The molecule has 3 rings (SSSR count). The van der Waals surface area contributed by atoms with E-state index in [4.69, 9.17) is 4.74 Å². The molecule has 114 valence electrons. The van der Waals surface area contributed by atoms with E-state index in [1.807, 2.05) is 53.1 Å². The number of rotatable bonds is 6. The number of benzene rings is 2. The highest BCUT2D eigenvalue weighted by Crippen LogP contribution is 2.22. The van der Waals surface area contributed by atoms with Crippen LogP contribution in [0.1, 0.15) is 25.3 Å². The van der Waals surface area contributed by atoms with E-state index in [1.165, 1.54) is 11.3 Å². The summed E-state index contributed by atoms with van der Waals surface area (Å²) in [4.78, 5) is 12.3. The highest BCUT2D eigenvalue weighted by Gasteiger charge is 2.10. The van der Waals surface area contributed by atoms with Crippen LogP contribution >= 0.6 is 11.3 Å². The quantitative estimate of drug-likeness (QED) is 0.636. The largest absolute Gasteiger partial charge is 0.493 e. The first-order chi connectivity index (χ1) is 10.8. The third-order valence-electron chi connectivity index (χ3n) is 3.63. The topological polar surface area (TPSA) is 31.2 Å². The lowest BCUT2D eigenvalue weighted by Gasteiger charge is -2.12. The fourth-order valence-corrected chi connectivity index (χ4v) is 3.33. The van der Waals surface area contributed by atoms with E-state index in [0.717, 1.165) is 34.4 Å². The van der Waals surface area contributed by atoms with Crippen LogP contribution in [0.25, 0.3) is 10.2 Å². The van der Waals surface area contributed by atoms with Crippen molar-refractivity contribution in [3.8, 4) is 5.75 Å².